The van der Waals surface area contributed by atoms with Gasteiger partial charge in [-0.2, -0.15) is 0 Å². The van der Waals surface area contributed by atoms with E-state index in [1.807, 2.05) is 18.2 Å². The topological polar surface area (TPSA) is 192 Å². The number of nitrogens with one attached hydrogen (secondary N) is 2. The third-order valence-electron chi connectivity index (χ3n) is 13.5. The summed E-state index contributed by atoms with van der Waals surface area (Å²) < 4.78 is 0. The number of aromatic hydroxyl groups is 2. The first-order valence-corrected chi connectivity index (χ1v) is 21.0. The van der Waals surface area contributed by atoms with E-state index >= 15 is 0 Å². The molecule has 4 aliphatic rings. The number of aliphatic hydroxyl groups is 3. The van der Waals surface area contributed by atoms with E-state index in [9.17, 15) is 35.4 Å². The van der Waals surface area contributed by atoms with Crippen molar-refractivity contribution in [2.24, 2.45) is 47.2 Å². The van der Waals surface area contributed by atoms with Gasteiger partial charge in [0.25, 0.3) is 0 Å². The molecule has 302 valence electrons. The zero-order valence-electron chi connectivity index (χ0n) is 32.6. The van der Waals surface area contributed by atoms with E-state index in [0.717, 1.165) is 61.9 Å². The number of H-pyrrole nitrogens is 1. The molecule has 0 spiro atoms. The van der Waals surface area contributed by atoms with E-state index in [1.165, 1.54) is 25.3 Å². The van der Waals surface area contributed by atoms with Crippen LogP contribution in [0, 0.1) is 41.4 Å². The second kappa shape index (κ2) is 18.5. The number of phenolic OH excluding ortho intramolecular Hbond substituents is 2. The van der Waals surface area contributed by atoms with E-state index < -0.39 is 23.6 Å². The molecule has 1 aliphatic heterocycles. The van der Waals surface area contributed by atoms with Crippen molar-refractivity contribution in [3.63, 3.8) is 0 Å². The largest absolute Gasteiger partial charge is 0.508 e. The molecule has 2 heterocycles. The standard InChI is InChI=1S/C45H65N3O7/c1-2-3-5-8-28-11-12-30(41(51)20-28)9-6-4-7-10-38(44(53)54)43(52)31-13-15-39-32(19-29-17-18-47-42(46)21-29)22-34(45(39,55)27-31)25-35-14-16-40(48-35)33-23-36(49)26-37(50)24-33/h11-12,14,16-17,21,23-24,26,28,30-32,34,38-39,41,43,47-52,55H,2-10,13,15,18-20,22,25,27,46H2,1H3,(H,53,54)/t28-,30-,31+,32+,34-,38+,39-,41-,43-,45-/m1/s1. The molecular weight excluding hydrogens is 695 g/mol. The summed E-state index contributed by atoms with van der Waals surface area (Å²) in [5, 5.41) is 68.8. The molecule has 1 aromatic carbocycles. The average Bonchev–Trinajstić information content (AvgIpc) is 3.71. The number of unbranched alkanes of at least 4 members (excludes halogenated alkanes) is 4. The molecule has 55 heavy (non-hydrogen) atoms. The van der Waals surface area contributed by atoms with Crippen molar-refractivity contribution in [3.05, 3.63) is 71.7 Å². The molecule has 10 N–H and O–H groups in total. The number of aromatic amines is 1. The Labute approximate surface area is 326 Å². The smallest absolute Gasteiger partial charge is 0.309 e. The average molecular weight is 760 g/mol. The van der Waals surface area contributed by atoms with E-state index in [-0.39, 0.29) is 47.2 Å². The van der Waals surface area contributed by atoms with Crippen LogP contribution in [0.1, 0.15) is 109 Å². The lowest BCUT2D eigenvalue weighted by atomic mass is 9.64. The molecule has 10 heteroatoms. The number of carboxylic acid groups (broad SMARTS) is 1. The summed E-state index contributed by atoms with van der Waals surface area (Å²) in [6.07, 6.45) is 20.4. The highest BCUT2D eigenvalue weighted by Gasteiger charge is 2.57. The first-order valence-electron chi connectivity index (χ1n) is 21.0. The highest BCUT2D eigenvalue weighted by molar-refractivity contribution is 5.70. The number of nitrogens with two attached hydrogens (primary N) is 1. The summed E-state index contributed by atoms with van der Waals surface area (Å²) in [4.78, 5) is 16.0. The lowest BCUT2D eigenvalue weighted by Crippen LogP contribution is -2.50. The van der Waals surface area contributed by atoms with Gasteiger partial charge < -0.3 is 46.7 Å². The van der Waals surface area contributed by atoms with Gasteiger partial charge in [0.1, 0.15) is 11.5 Å². The molecular formula is C45H65N3O7. The number of dihydropyridines is 1. The van der Waals surface area contributed by atoms with Crippen LogP contribution in [0.25, 0.3) is 11.3 Å². The number of hydrogen-bond donors (Lipinski definition) is 9. The van der Waals surface area contributed by atoms with Gasteiger partial charge in [0.05, 0.1) is 29.5 Å². The lowest BCUT2D eigenvalue weighted by Gasteiger charge is -2.45. The summed E-state index contributed by atoms with van der Waals surface area (Å²) in [6.45, 7) is 2.88. The van der Waals surface area contributed by atoms with Gasteiger partial charge in [0.2, 0.25) is 0 Å². The fraction of sp³-hybridized carbons (Fsp3) is 0.622. The Bertz CT molecular complexity index is 1660. The Morgan fingerprint density at radius 3 is 2.49 bits per heavy atom. The molecule has 2 fully saturated rings. The molecule has 10 atom stereocenters. The normalized spacial score (nSPS) is 30.2. The minimum absolute atomic E-state index is 0.00268. The Hall–Kier alpha value is -3.73. The lowest BCUT2D eigenvalue weighted by molar-refractivity contribution is -0.152. The molecule has 0 saturated heterocycles. The number of rotatable bonds is 18. The second-order valence-electron chi connectivity index (χ2n) is 17.3. The highest BCUT2D eigenvalue weighted by atomic mass is 16.4. The van der Waals surface area contributed by atoms with Crippen molar-refractivity contribution in [2.75, 3.05) is 6.54 Å². The zero-order chi connectivity index (χ0) is 39.1. The molecule has 6 rings (SSSR count). The Kier molecular flexibility index (Phi) is 13.7. The maximum Gasteiger partial charge on any atom is 0.309 e. The maximum absolute atomic E-state index is 12.7. The van der Waals surface area contributed by atoms with Crippen LogP contribution in [0.2, 0.25) is 0 Å². The van der Waals surface area contributed by atoms with Crippen molar-refractivity contribution in [1.82, 2.24) is 10.3 Å². The van der Waals surface area contributed by atoms with Gasteiger partial charge in [-0.15, -0.1) is 0 Å². The quantitative estimate of drug-likeness (QED) is 0.0555. The Balaban J connectivity index is 1.09. The summed E-state index contributed by atoms with van der Waals surface area (Å²) in [5.41, 5.74) is 8.51. The van der Waals surface area contributed by atoms with Gasteiger partial charge in [-0.1, -0.05) is 63.7 Å². The predicted molar refractivity (Wildman–Crippen MR) is 215 cm³/mol. The predicted octanol–water partition coefficient (Wildman–Crippen LogP) is 7.28. The van der Waals surface area contributed by atoms with Crippen molar-refractivity contribution in [2.45, 2.75) is 127 Å². The Morgan fingerprint density at radius 2 is 1.76 bits per heavy atom. The fourth-order valence-electron chi connectivity index (χ4n) is 10.6. The number of benzene rings is 1. The van der Waals surface area contributed by atoms with Crippen LogP contribution >= 0.6 is 0 Å². The third-order valence-corrected chi connectivity index (χ3v) is 13.5. The van der Waals surface area contributed by atoms with E-state index in [2.05, 4.69) is 35.5 Å². The number of allylic oxidation sites excluding steroid dienone is 3. The van der Waals surface area contributed by atoms with Crippen LogP contribution in [-0.2, 0) is 11.2 Å². The van der Waals surface area contributed by atoms with Crippen molar-refractivity contribution in [3.8, 4) is 22.8 Å². The molecule has 0 bridgehead atoms. The summed E-state index contributed by atoms with van der Waals surface area (Å²) in [6, 6.07) is 8.36. The number of fused-ring (bicyclic) bond motifs is 1. The molecule has 0 radical (unpaired) electrons. The molecule has 0 amide bonds. The van der Waals surface area contributed by atoms with Crippen LogP contribution in [-0.4, -0.2) is 65.9 Å². The maximum atomic E-state index is 12.7. The number of aliphatic hydroxyl groups excluding tert-OH is 2. The number of phenols is 2. The molecule has 10 nitrogen and oxygen atoms in total. The highest BCUT2D eigenvalue weighted by Crippen LogP contribution is 2.57. The molecule has 0 unspecified atom stereocenters. The number of hydrogen-bond acceptors (Lipinski definition) is 8. The van der Waals surface area contributed by atoms with E-state index in [1.54, 1.807) is 12.1 Å². The van der Waals surface area contributed by atoms with Crippen molar-refractivity contribution < 1.29 is 35.4 Å². The van der Waals surface area contributed by atoms with Crippen molar-refractivity contribution in [1.29, 1.82) is 0 Å². The minimum atomic E-state index is -1.09. The molecule has 3 aliphatic carbocycles. The second-order valence-corrected chi connectivity index (χ2v) is 17.3. The number of carbonyl (C=O) groups is 1. The van der Waals surface area contributed by atoms with Gasteiger partial charge in [-0.25, -0.2) is 0 Å². The van der Waals surface area contributed by atoms with Crippen LogP contribution in [0.4, 0.5) is 0 Å². The molecule has 2 saturated carbocycles. The summed E-state index contributed by atoms with van der Waals surface area (Å²) in [5.74, 6) is -0.934. The van der Waals surface area contributed by atoms with Crippen molar-refractivity contribution >= 4 is 5.97 Å². The van der Waals surface area contributed by atoms with Gasteiger partial charge in [0.15, 0.2) is 0 Å². The zero-order valence-corrected chi connectivity index (χ0v) is 32.6. The van der Waals surface area contributed by atoms with E-state index in [4.69, 9.17) is 5.73 Å². The van der Waals surface area contributed by atoms with Crippen LogP contribution in [0.5, 0.6) is 11.5 Å². The molecule has 2 aromatic rings. The fourth-order valence-corrected chi connectivity index (χ4v) is 10.6. The monoisotopic (exact) mass is 759 g/mol. The number of aromatic nitrogens is 1. The first kappa shape index (κ1) is 40.9. The van der Waals surface area contributed by atoms with Gasteiger partial charge in [-0.05, 0) is 130 Å². The number of aliphatic carboxylic acids is 1. The third kappa shape index (κ3) is 10.2. The van der Waals surface area contributed by atoms with Crippen LogP contribution in [0.3, 0.4) is 0 Å². The summed E-state index contributed by atoms with van der Waals surface area (Å²) >= 11 is 0. The molecule has 1 aromatic heterocycles. The van der Waals surface area contributed by atoms with Crippen LogP contribution < -0.4 is 11.1 Å². The van der Waals surface area contributed by atoms with Gasteiger partial charge in [-0.3, -0.25) is 4.79 Å². The Morgan fingerprint density at radius 1 is 0.982 bits per heavy atom. The SMILES string of the molecule is CCCCC[C@@H]1C=C[C@@H](CCCCC[C@H](C(=O)O)[C@H](O)[C@H]2CC[C@@H]3[C@@H](CC4=CCNC(N)=C4)C[C@H](Cc4ccc(-c5cc(O)cc(O)c5)[nH]4)[C@]3(O)C2)[C@H](O)C1. The van der Waals surface area contributed by atoms with Crippen LogP contribution in [0.15, 0.2) is 66.0 Å². The van der Waals surface area contributed by atoms with Gasteiger partial charge in [0, 0.05) is 35.5 Å². The summed E-state index contributed by atoms with van der Waals surface area (Å²) in [7, 11) is 0. The minimum Gasteiger partial charge on any atom is -0.508 e. The number of carboxylic acids is 1. The first-order chi connectivity index (χ1) is 26.4. The van der Waals surface area contributed by atoms with E-state index in [0.29, 0.717) is 62.4 Å². The van der Waals surface area contributed by atoms with Gasteiger partial charge >= 0.3 is 5.97 Å².